The van der Waals surface area contributed by atoms with E-state index in [1.54, 1.807) is 0 Å². The van der Waals surface area contributed by atoms with E-state index in [0.717, 1.165) is 57.8 Å². The number of nitrogens with two attached hydrogens (primary N) is 1. The maximum atomic E-state index is 12.5. The summed E-state index contributed by atoms with van der Waals surface area (Å²) in [7, 11) is -4.63. The van der Waals surface area contributed by atoms with Gasteiger partial charge in [0.15, 0.2) is 0 Å². The topological polar surface area (TPSA) is 155 Å². The molecular formula is C40H68NO9P. The van der Waals surface area contributed by atoms with Crippen LogP contribution in [0.1, 0.15) is 129 Å². The number of unbranched alkanes of at least 4 members (excludes halogenated alkanes) is 9. The molecule has 292 valence electrons. The summed E-state index contributed by atoms with van der Waals surface area (Å²) in [4.78, 5) is 33.4. The Balaban J connectivity index is 4.45. The fourth-order valence-electron chi connectivity index (χ4n) is 4.50. The number of carboxylic acids is 1. The summed E-state index contributed by atoms with van der Waals surface area (Å²) in [5.74, 6) is -1.85. The number of esters is 1. The van der Waals surface area contributed by atoms with Crippen LogP contribution in [0.5, 0.6) is 0 Å². The molecule has 0 radical (unpaired) electrons. The molecule has 3 atom stereocenters. The molecule has 4 N–H and O–H groups in total. The van der Waals surface area contributed by atoms with Crippen molar-refractivity contribution in [2.75, 3.05) is 26.4 Å². The van der Waals surface area contributed by atoms with E-state index in [2.05, 4.69) is 85.2 Å². The van der Waals surface area contributed by atoms with Crippen molar-refractivity contribution in [1.82, 2.24) is 0 Å². The van der Waals surface area contributed by atoms with E-state index in [9.17, 15) is 19.0 Å². The van der Waals surface area contributed by atoms with Crippen LogP contribution < -0.4 is 5.73 Å². The highest BCUT2D eigenvalue weighted by Gasteiger charge is 2.27. The van der Waals surface area contributed by atoms with Crippen LogP contribution in [0, 0.1) is 0 Å². The van der Waals surface area contributed by atoms with Crippen LogP contribution in [0.4, 0.5) is 0 Å². The molecule has 0 aromatic heterocycles. The molecule has 3 unspecified atom stereocenters. The minimum atomic E-state index is -4.63. The monoisotopic (exact) mass is 737 g/mol. The predicted octanol–water partition coefficient (Wildman–Crippen LogP) is 9.86. The molecule has 0 rings (SSSR count). The number of phosphoric acid groups is 1. The first-order valence-electron chi connectivity index (χ1n) is 19.0. The van der Waals surface area contributed by atoms with Crippen LogP contribution in [-0.4, -0.2) is 60.5 Å². The van der Waals surface area contributed by atoms with Crippen molar-refractivity contribution in [2.45, 2.75) is 142 Å². The Morgan fingerprint density at radius 2 is 1.14 bits per heavy atom. The number of hydrogen-bond donors (Lipinski definition) is 3. The minimum absolute atomic E-state index is 0.0144. The van der Waals surface area contributed by atoms with Crippen molar-refractivity contribution in [1.29, 1.82) is 0 Å². The van der Waals surface area contributed by atoms with Crippen molar-refractivity contribution in [3.63, 3.8) is 0 Å². The summed E-state index contributed by atoms with van der Waals surface area (Å²) in [5.41, 5.74) is 5.33. The number of allylic oxidation sites excluding steroid dienone is 12. The van der Waals surface area contributed by atoms with Gasteiger partial charge in [0.1, 0.15) is 12.1 Å². The summed E-state index contributed by atoms with van der Waals surface area (Å²) >= 11 is 0. The molecule has 0 fully saturated rings. The molecule has 0 aromatic rings. The van der Waals surface area contributed by atoms with Gasteiger partial charge in [-0.1, -0.05) is 125 Å². The molecule has 0 saturated carbocycles. The molecule has 0 amide bonds. The number of carbonyl (C=O) groups is 2. The smallest absolute Gasteiger partial charge is 0.472 e. The van der Waals surface area contributed by atoms with E-state index in [4.69, 9.17) is 24.8 Å². The molecule has 51 heavy (non-hydrogen) atoms. The van der Waals surface area contributed by atoms with E-state index >= 15 is 0 Å². The van der Waals surface area contributed by atoms with Gasteiger partial charge >= 0.3 is 19.8 Å². The normalized spacial score (nSPS) is 14.9. The van der Waals surface area contributed by atoms with Crippen LogP contribution in [-0.2, 0) is 32.7 Å². The Morgan fingerprint density at radius 1 is 0.647 bits per heavy atom. The molecule has 0 spiro atoms. The number of carbonyl (C=O) groups excluding carboxylic acids is 1. The lowest BCUT2D eigenvalue weighted by Crippen LogP contribution is -2.34. The summed E-state index contributed by atoms with van der Waals surface area (Å²) in [6.07, 6.45) is 42.5. The third-order valence-corrected chi connectivity index (χ3v) is 8.42. The molecule has 0 aliphatic heterocycles. The summed E-state index contributed by atoms with van der Waals surface area (Å²) in [6.45, 7) is 3.61. The van der Waals surface area contributed by atoms with Gasteiger partial charge in [-0.15, -0.1) is 0 Å². The molecule has 0 saturated heterocycles. The number of phosphoric ester groups is 1. The van der Waals surface area contributed by atoms with Crippen molar-refractivity contribution in [3.8, 4) is 0 Å². The average Bonchev–Trinajstić information content (AvgIpc) is 3.10. The maximum absolute atomic E-state index is 12.5. The van der Waals surface area contributed by atoms with Crippen molar-refractivity contribution < 1.29 is 42.7 Å². The lowest BCUT2D eigenvalue weighted by molar-refractivity contribution is -0.154. The standard InChI is InChI=1S/C40H68NO9P/c1-3-5-7-9-11-13-15-17-18-19-20-21-22-24-26-28-30-32-39(42)50-37(35-48-51(45,46)49-36-38(41)40(43)44)34-47-33-31-29-27-25-23-16-14-12-10-8-6-4-2/h5,7,10-13,17-18,20-21,24,26,37-38H,3-4,6,8-9,14-16,19,22-23,25,27-36,41H2,1-2H3,(H,43,44)(H,45,46)/b7-5-,12-10-,13-11-,18-17-,21-20-,26-24-. The minimum Gasteiger partial charge on any atom is -0.480 e. The van der Waals surface area contributed by atoms with E-state index in [1.807, 2.05) is 6.08 Å². The number of hydrogen-bond acceptors (Lipinski definition) is 8. The van der Waals surface area contributed by atoms with Crippen LogP contribution >= 0.6 is 7.82 Å². The molecule has 0 heterocycles. The maximum Gasteiger partial charge on any atom is 0.472 e. The second-order valence-corrected chi connectivity index (χ2v) is 13.8. The first-order chi connectivity index (χ1) is 24.7. The Bertz CT molecular complexity index is 1080. The summed E-state index contributed by atoms with van der Waals surface area (Å²) in [5, 5.41) is 8.86. The first kappa shape index (κ1) is 48.4. The Hall–Kier alpha value is -2.59. The highest BCUT2D eigenvalue weighted by molar-refractivity contribution is 7.47. The second kappa shape index (κ2) is 35.8. The van der Waals surface area contributed by atoms with E-state index in [0.29, 0.717) is 19.4 Å². The molecule has 11 heteroatoms. The van der Waals surface area contributed by atoms with E-state index in [1.165, 1.54) is 38.5 Å². The Labute approximate surface area is 308 Å². The largest absolute Gasteiger partial charge is 0.480 e. The third kappa shape index (κ3) is 35.6. The fourth-order valence-corrected chi connectivity index (χ4v) is 5.28. The zero-order chi connectivity index (χ0) is 37.7. The first-order valence-corrected chi connectivity index (χ1v) is 20.5. The Kier molecular flexibility index (Phi) is 34.0. The number of carboxylic acid groups (broad SMARTS) is 1. The van der Waals surface area contributed by atoms with Crippen LogP contribution in [0.2, 0.25) is 0 Å². The second-order valence-electron chi connectivity index (χ2n) is 12.3. The fraction of sp³-hybridized carbons (Fsp3) is 0.650. The van der Waals surface area contributed by atoms with Crippen molar-refractivity contribution in [2.24, 2.45) is 5.73 Å². The van der Waals surface area contributed by atoms with E-state index < -0.39 is 45.1 Å². The molecular weight excluding hydrogens is 669 g/mol. The number of ether oxygens (including phenoxy) is 2. The lowest BCUT2D eigenvalue weighted by Gasteiger charge is -2.20. The number of aliphatic carboxylic acids is 1. The van der Waals surface area contributed by atoms with Gasteiger partial charge in [-0.25, -0.2) is 4.57 Å². The van der Waals surface area contributed by atoms with Gasteiger partial charge in [0, 0.05) is 13.0 Å². The molecule has 10 nitrogen and oxygen atoms in total. The molecule has 0 aliphatic carbocycles. The van der Waals surface area contributed by atoms with Crippen LogP contribution in [0.25, 0.3) is 0 Å². The summed E-state index contributed by atoms with van der Waals surface area (Å²) < 4.78 is 33.1. The molecule has 0 aromatic carbocycles. The predicted molar refractivity (Wildman–Crippen MR) is 207 cm³/mol. The van der Waals surface area contributed by atoms with Gasteiger partial charge in [-0.3, -0.25) is 18.6 Å². The zero-order valence-electron chi connectivity index (χ0n) is 31.4. The third-order valence-electron chi connectivity index (χ3n) is 7.47. The van der Waals surface area contributed by atoms with Gasteiger partial charge in [0.25, 0.3) is 0 Å². The lowest BCUT2D eigenvalue weighted by atomic mass is 10.1. The van der Waals surface area contributed by atoms with Crippen LogP contribution in [0.15, 0.2) is 72.9 Å². The zero-order valence-corrected chi connectivity index (χ0v) is 32.3. The highest BCUT2D eigenvalue weighted by atomic mass is 31.2. The Morgan fingerprint density at radius 3 is 1.73 bits per heavy atom. The number of rotatable bonds is 35. The van der Waals surface area contributed by atoms with Crippen LogP contribution in [0.3, 0.4) is 0 Å². The summed E-state index contributed by atoms with van der Waals surface area (Å²) in [6, 6.07) is -1.48. The average molecular weight is 738 g/mol. The van der Waals surface area contributed by atoms with Gasteiger partial charge in [-0.05, 0) is 70.6 Å². The van der Waals surface area contributed by atoms with Gasteiger partial charge in [-0.2, -0.15) is 0 Å². The van der Waals surface area contributed by atoms with Crippen molar-refractivity contribution in [3.05, 3.63) is 72.9 Å². The quantitative estimate of drug-likeness (QED) is 0.0248. The van der Waals surface area contributed by atoms with E-state index in [-0.39, 0.29) is 13.0 Å². The highest BCUT2D eigenvalue weighted by Crippen LogP contribution is 2.43. The molecule has 0 bridgehead atoms. The van der Waals surface area contributed by atoms with Gasteiger partial charge in [0.05, 0.1) is 19.8 Å². The van der Waals surface area contributed by atoms with Crippen molar-refractivity contribution >= 4 is 19.8 Å². The van der Waals surface area contributed by atoms with Gasteiger partial charge in [0.2, 0.25) is 0 Å². The molecule has 0 aliphatic rings. The SMILES string of the molecule is CC/C=C\C/C=C\C/C=C\C/C=C\C/C=C\CCCC(=O)OC(COCCCCCCCC/C=C\CCCC)COP(=O)(O)OCC(N)C(=O)O. The van der Waals surface area contributed by atoms with Gasteiger partial charge < -0.3 is 25.2 Å².